The van der Waals surface area contributed by atoms with Crippen LogP contribution in [0.3, 0.4) is 0 Å². The lowest BCUT2D eigenvalue weighted by Crippen LogP contribution is -2.58. The molecule has 2 heterocycles. The van der Waals surface area contributed by atoms with Crippen LogP contribution in [-0.4, -0.2) is 30.5 Å². The van der Waals surface area contributed by atoms with Gasteiger partial charge in [-0.2, -0.15) is 0 Å². The summed E-state index contributed by atoms with van der Waals surface area (Å²) >= 11 is 5.14. The molecule has 2 aliphatic rings. The van der Waals surface area contributed by atoms with Crippen LogP contribution in [0.25, 0.3) is 0 Å². The first-order valence-electron chi connectivity index (χ1n) is 8.70. The fourth-order valence-electron chi connectivity index (χ4n) is 3.88. The van der Waals surface area contributed by atoms with Crippen LogP contribution in [0.2, 0.25) is 0 Å². The maximum atomic E-state index is 14.2. The first kappa shape index (κ1) is 17.6. The number of amides is 2. The van der Waals surface area contributed by atoms with Gasteiger partial charge in [-0.05, 0) is 42.4 Å². The average Bonchev–Trinajstić information content (AvgIpc) is 2.96. The van der Waals surface area contributed by atoms with Crippen LogP contribution in [0.1, 0.15) is 17.9 Å². The molecule has 1 saturated heterocycles. The first-order chi connectivity index (χ1) is 13.0. The summed E-state index contributed by atoms with van der Waals surface area (Å²) in [6, 6.07) is 13.9. The van der Waals surface area contributed by atoms with Gasteiger partial charge in [0.15, 0.2) is 5.11 Å². The van der Waals surface area contributed by atoms with Gasteiger partial charge in [-0.25, -0.2) is 4.39 Å². The summed E-state index contributed by atoms with van der Waals surface area (Å²) < 4.78 is 14.2. The number of nitrogens with one attached hydrogen (secondary N) is 1. The number of benzene rings is 2. The van der Waals surface area contributed by atoms with Gasteiger partial charge in [0, 0.05) is 25.2 Å². The molecule has 1 N–H and O–H groups in total. The van der Waals surface area contributed by atoms with Gasteiger partial charge >= 0.3 is 0 Å². The highest BCUT2D eigenvalue weighted by Crippen LogP contribution is 2.39. The van der Waals surface area contributed by atoms with Crippen LogP contribution in [0.15, 0.2) is 48.5 Å². The molecule has 2 unspecified atom stereocenters. The predicted molar refractivity (Wildman–Crippen MR) is 105 cm³/mol. The van der Waals surface area contributed by atoms with E-state index in [2.05, 4.69) is 10.2 Å². The number of halogens is 1. The van der Waals surface area contributed by atoms with E-state index in [1.165, 1.54) is 18.2 Å². The second-order valence-corrected chi connectivity index (χ2v) is 7.23. The smallest absolute Gasteiger partial charge is 0.246 e. The van der Waals surface area contributed by atoms with E-state index in [4.69, 9.17) is 12.2 Å². The van der Waals surface area contributed by atoms with E-state index in [0.29, 0.717) is 6.42 Å². The monoisotopic (exact) mass is 383 g/mol. The zero-order chi connectivity index (χ0) is 19.1. The van der Waals surface area contributed by atoms with Crippen molar-refractivity contribution in [1.29, 1.82) is 0 Å². The number of fused-ring (bicyclic) bond motifs is 1. The second kappa shape index (κ2) is 6.74. The number of likely N-dealkylation sites (N-methyl/N-ethyl adjacent to an activating group) is 1. The minimum absolute atomic E-state index is 0.0417. The number of rotatable bonds is 3. The average molecular weight is 383 g/mol. The van der Waals surface area contributed by atoms with Crippen molar-refractivity contribution in [2.75, 3.05) is 23.4 Å². The van der Waals surface area contributed by atoms with Gasteiger partial charge in [0.1, 0.15) is 11.7 Å². The zero-order valence-corrected chi connectivity index (χ0v) is 15.5. The standard InChI is InChI=1S/C20H18FN3O2S/c1-23-11-12(13-6-2-4-8-16(13)23)10-14-18(25)22-20(27)24(19(14)26)17-9-5-3-7-15(17)21/h2-9,12,14H,10-11H2,1H3,(H,22,25,27). The molecule has 4 rings (SSSR count). The molecule has 27 heavy (non-hydrogen) atoms. The van der Waals surface area contributed by atoms with Crippen molar-refractivity contribution >= 4 is 40.5 Å². The van der Waals surface area contributed by atoms with Crippen molar-refractivity contribution in [3.8, 4) is 0 Å². The fourth-order valence-corrected chi connectivity index (χ4v) is 4.17. The van der Waals surface area contributed by atoms with E-state index in [9.17, 15) is 14.0 Å². The molecule has 0 aliphatic carbocycles. The van der Waals surface area contributed by atoms with Gasteiger partial charge in [-0.3, -0.25) is 14.5 Å². The summed E-state index contributed by atoms with van der Waals surface area (Å²) in [7, 11) is 1.99. The number of carbonyl (C=O) groups excluding carboxylic acids is 2. The fraction of sp³-hybridized carbons (Fsp3) is 0.250. The number of hydrogen-bond donors (Lipinski definition) is 1. The third kappa shape index (κ3) is 2.98. The summed E-state index contributed by atoms with van der Waals surface area (Å²) in [5, 5.41) is 2.47. The van der Waals surface area contributed by atoms with E-state index in [0.717, 1.165) is 22.7 Å². The van der Waals surface area contributed by atoms with E-state index in [1.54, 1.807) is 6.07 Å². The van der Waals surface area contributed by atoms with Crippen molar-refractivity contribution in [2.24, 2.45) is 5.92 Å². The molecule has 138 valence electrons. The molecule has 7 heteroatoms. The zero-order valence-electron chi connectivity index (χ0n) is 14.7. The highest BCUT2D eigenvalue weighted by atomic mass is 32.1. The maximum absolute atomic E-state index is 14.2. The molecule has 2 aromatic rings. The van der Waals surface area contributed by atoms with Crippen LogP contribution >= 0.6 is 12.2 Å². The molecule has 5 nitrogen and oxygen atoms in total. The largest absolute Gasteiger partial charge is 0.374 e. The number of para-hydroxylation sites is 2. The van der Waals surface area contributed by atoms with Crippen molar-refractivity contribution in [1.82, 2.24) is 5.32 Å². The highest BCUT2D eigenvalue weighted by Gasteiger charge is 2.42. The Kier molecular flexibility index (Phi) is 4.39. The third-order valence-corrected chi connectivity index (χ3v) is 5.45. The van der Waals surface area contributed by atoms with Crippen LogP contribution in [0.4, 0.5) is 15.8 Å². The van der Waals surface area contributed by atoms with Crippen LogP contribution in [0.5, 0.6) is 0 Å². The van der Waals surface area contributed by atoms with E-state index < -0.39 is 23.5 Å². The summed E-state index contributed by atoms with van der Waals surface area (Å²) in [5.41, 5.74) is 2.28. The van der Waals surface area contributed by atoms with Gasteiger partial charge in [0.05, 0.1) is 5.69 Å². The maximum Gasteiger partial charge on any atom is 0.246 e. The van der Waals surface area contributed by atoms with Gasteiger partial charge in [-0.1, -0.05) is 30.3 Å². The van der Waals surface area contributed by atoms with Crippen LogP contribution in [-0.2, 0) is 9.59 Å². The summed E-state index contributed by atoms with van der Waals surface area (Å²) in [6.45, 7) is 0.723. The molecule has 0 bridgehead atoms. The van der Waals surface area contributed by atoms with Gasteiger partial charge in [0.25, 0.3) is 0 Å². The van der Waals surface area contributed by atoms with Crippen molar-refractivity contribution in [2.45, 2.75) is 12.3 Å². The Morgan fingerprint density at radius 3 is 2.52 bits per heavy atom. The van der Waals surface area contributed by atoms with Gasteiger partial charge in [0.2, 0.25) is 11.8 Å². The molecule has 1 fully saturated rings. The normalized spacial score (nSPS) is 22.1. The number of anilines is 2. The number of nitrogens with zero attached hydrogens (tertiary/aromatic N) is 2. The minimum atomic E-state index is -0.916. The Balaban J connectivity index is 1.63. The molecule has 2 atom stereocenters. The summed E-state index contributed by atoms with van der Waals surface area (Å²) in [4.78, 5) is 28.8. The minimum Gasteiger partial charge on any atom is -0.374 e. The lowest BCUT2D eigenvalue weighted by molar-refractivity contribution is -0.134. The van der Waals surface area contributed by atoms with Crippen molar-refractivity contribution in [3.63, 3.8) is 0 Å². The Morgan fingerprint density at radius 1 is 1.11 bits per heavy atom. The molecule has 0 spiro atoms. The van der Waals surface area contributed by atoms with Crippen molar-refractivity contribution in [3.05, 3.63) is 59.9 Å². The van der Waals surface area contributed by atoms with E-state index in [-0.39, 0.29) is 16.7 Å². The molecule has 2 aromatic carbocycles. The molecular weight excluding hydrogens is 365 g/mol. The summed E-state index contributed by atoms with van der Waals surface area (Å²) in [6.07, 6.45) is 0.347. The number of carbonyl (C=O) groups is 2. The molecule has 2 aliphatic heterocycles. The Hall–Kier alpha value is -2.80. The SMILES string of the molecule is CN1CC(CC2C(=O)NC(=S)N(c3ccccc3F)C2=O)c2ccccc21. The first-order valence-corrected chi connectivity index (χ1v) is 9.11. The van der Waals surface area contributed by atoms with E-state index in [1.807, 2.05) is 31.3 Å². The van der Waals surface area contributed by atoms with Crippen LogP contribution < -0.4 is 15.1 Å². The molecular formula is C20H18FN3O2S. The Bertz CT molecular complexity index is 948. The van der Waals surface area contributed by atoms with Crippen LogP contribution in [0, 0.1) is 11.7 Å². The van der Waals surface area contributed by atoms with E-state index >= 15 is 0 Å². The predicted octanol–water partition coefficient (Wildman–Crippen LogP) is 2.81. The second-order valence-electron chi connectivity index (χ2n) is 6.84. The third-order valence-electron chi connectivity index (χ3n) is 5.16. The number of thiocarbonyl (C=S) groups is 1. The number of hydrogen-bond acceptors (Lipinski definition) is 4. The lowest BCUT2D eigenvalue weighted by Gasteiger charge is -2.33. The molecule has 0 saturated carbocycles. The quantitative estimate of drug-likeness (QED) is 0.654. The molecule has 0 aromatic heterocycles. The van der Waals surface area contributed by atoms with Crippen molar-refractivity contribution < 1.29 is 14.0 Å². The van der Waals surface area contributed by atoms with Gasteiger partial charge < -0.3 is 10.2 Å². The van der Waals surface area contributed by atoms with Gasteiger partial charge in [-0.15, -0.1) is 0 Å². The summed E-state index contributed by atoms with van der Waals surface area (Å²) in [5.74, 6) is -2.35. The lowest BCUT2D eigenvalue weighted by atomic mass is 9.88. The Morgan fingerprint density at radius 2 is 1.78 bits per heavy atom. The topological polar surface area (TPSA) is 52.7 Å². The Labute approximate surface area is 161 Å². The highest BCUT2D eigenvalue weighted by molar-refractivity contribution is 7.80. The molecule has 2 amide bonds. The molecule has 0 radical (unpaired) electrons.